The van der Waals surface area contributed by atoms with Gasteiger partial charge in [0.2, 0.25) is 0 Å². The second-order valence-electron chi connectivity index (χ2n) is 4.83. The highest BCUT2D eigenvalue weighted by molar-refractivity contribution is 7.92. The van der Waals surface area contributed by atoms with Gasteiger partial charge in [-0.3, -0.25) is 4.79 Å². The lowest BCUT2D eigenvalue weighted by Gasteiger charge is -2.37. The van der Waals surface area contributed by atoms with Crippen LogP contribution in [0.3, 0.4) is 0 Å². The molecule has 0 aromatic carbocycles. The quantitative estimate of drug-likeness (QED) is 0.695. The maximum absolute atomic E-state index is 12.0. The van der Waals surface area contributed by atoms with Crippen molar-refractivity contribution in [1.29, 1.82) is 0 Å². The molecule has 2 aliphatic rings. The smallest absolute Gasteiger partial charge is 0.158 e. The molecule has 0 spiro atoms. The minimum Gasteiger partial charge on any atom is -0.295 e. The fraction of sp³-hybridized carbons (Fsp3) is 0.750. The summed E-state index contributed by atoms with van der Waals surface area (Å²) in [6.07, 6.45) is 6.90. The molecule has 0 aromatic heterocycles. The third kappa shape index (κ3) is 1.95. The molecule has 4 heteroatoms. The van der Waals surface area contributed by atoms with Gasteiger partial charge in [0.1, 0.15) is 0 Å². The molecular weight excluding hydrogens is 224 g/mol. The van der Waals surface area contributed by atoms with E-state index in [0.29, 0.717) is 12.8 Å². The average molecular weight is 242 g/mol. The molecule has 0 saturated carbocycles. The Bertz CT molecular complexity index is 388. The predicted molar refractivity (Wildman–Crippen MR) is 62.9 cm³/mol. The van der Waals surface area contributed by atoms with Gasteiger partial charge in [-0.05, 0) is 38.7 Å². The molecule has 0 amide bonds. The highest BCUT2D eigenvalue weighted by Gasteiger charge is 2.45. The lowest BCUT2D eigenvalue weighted by molar-refractivity contribution is -0.118. The van der Waals surface area contributed by atoms with Crippen molar-refractivity contribution >= 4 is 15.6 Å². The molecule has 2 bridgehead atoms. The van der Waals surface area contributed by atoms with Crippen molar-refractivity contribution in [1.82, 2.24) is 0 Å². The topological polar surface area (TPSA) is 51.2 Å². The highest BCUT2D eigenvalue weighted by Crippen LogP contribution is 2.39. The first kappa shape index (κ1) is 11.8. The number of sulfone groups is 1. The summed E-state index contributed by atoms with van der Waals surface area (Å²) >= 11 is 0. The SMILES string of the molecule is C/C=C\C(=O)C1CC2CCCC(C1)S2(=O)=O. The maximum Gasteiger partial charge on any atom is 0.158 e. The summed E-state index contributed by atoms with van der Waals surface area (Å²) in [6.45, 7) is 1.82. The number of allylic oxidation sites excluding steroid dienone is 2. The van der Waals surface area contributed by atoms with Gasteiger partial charge < -0.3 is 0 Å². The van der Waals surface area contributed by atoms with Gasteiger partial charge >= 0.3 is 0 Å². The predicted octanol–water partition coefficient (Wildman–Crippen LogP) is 1.88. The molecule has 2 atom stereocenters. The average Bonchev–Trinajstić information content (AvgIpc) is 2.15. The third-order valence-electron chi connectivity index (χ3n) is 3.81. The Kier molecular flexibility index (Phi) is 3.19. The van der Waals surface area contributed by atoms with Crippen LogP contribution in [0.15, 0.2) is 12.2 Å². The number of ketones is 1. The van der Waals surface area contributed by atoms with E-state index in [2.05, 4.69) is 0 Å². The first-order valence-electron chi connectivity index (χ1n) is 5.95. The Morgan fingerprint density at radius 2 is 1.75 bits per heavy atom. The van der Waals surface area contributed by atoms with E-state index in [1.807, 2.05) is 6.92 Å². The van der Waals surface area contributed by atoms with E-state index >= 15 is 0 Å². The summed E-state index contributed by atoms with van der Waals surface area (Å²) in [7, 11) is -2.92. The van der Waals surface area contributed by atoms with Gasteiger partial charge in [-0.25, -0.2) is 8.42 Å². The van der Waals surface area contributed by atoms with Crippen molar-refractivity contribution in [2.24, 2.45) is 5.92 Å². The van der Waals surface area contributed by atoms with Crippen LogP contribution in [-0.4, -0.2) is 24.7 Å². The largest absolute Gasteiger partial charge is 0.295 e. The molecule has 2 fully saturated rings. The zero-order chi connectivity index (χ0) is 11.8. The number of rotatable bonds is 2. The van der Waals surface area contributed by atoms with Gasteiger partial charge in [0.05, 0.1) is 10.5 Å². The van der Waals surface area contributed by atoms with Crippen molar-refractivity contribution in [2.75, 3.05) is 0 Å². The van der Waals surface area contributed by atoms with Crippen LogP contribution in [0.4, 0.5) is 0 Å². The Morgan fingerprint density at radius 1 is 1.19 bits per heavy atom. The Labute approximate surface area is 96.8 Å². The minimum absolute atomic E-state index is 0.0602. The van der Waals surface area contributed by atoms with Gasteiger partial charge in [-0.1, -0.05) is 12.5 Å². The fourth-order valence-corrected chi connectivity index (χ4v) is 5.48. The summed E-state index contributed by atoms with van der Waals surface area (Å²) < 4.78 is 24.0. The molecule has 16 heavy (non-hydrogen) atoms. The molecule has 2 unspecified atom stereocenters. The van der Waals surface area contributed by atoms with E-state index in [4.69, 9.17) is 0 Å². The van der Waals surface area contributed by atoms with Gasteiger partial charge in [-0.2, -0.15) is 0 Å². The fourth-order valence-electron chi connectivity index (χ4n) is 2.94. The molecule has 0 aliphatic carbocycles. The molecule has 3 nitrogen and oxygen atoms in total. The Balaban J connectivity index is 2.18. The summed E-state index contributed by atoms with van der Waals surface area (Å²) in [4.78, 5) is 11.8. The molecule has 0 radical (unpaired) electrons. The Hall–Kier alpha value is -0.640. The zero-order valence-corrected chi connectivity index (χ0v) is 10.4. The van der Waals surface area contributed by atoms with E-state index in [1.54, 1.807) is 12.2 Å². The van der Waals surface area contributed by atoms with E-state index in [0.717, 1.165) is 19.3 Å². The van der Waals surface area contributed by atoms with Gasteiger partial charge in [0.15, 0.2) is 15.6 Å². The number of fused-ring (bicyclic) bond motifs is 2. The number of hydrogen-bond donors (Lipinski definition) is 0. The normalized spacial score (nSPS) is 37.4. The van der Waals surface area contributed by atoms with Crippen molar-refractivity contribution < 1.29 is 13.2 Å². The highest BCUT2D eigenvalue weighted by atomic mass is 32.2. The van der Waals surface area contributed by atoms with E-state index in [-0.39, 0.29) is 22.2 Å². The molecule has 2 aliphatic heterocycles. The molecule has 2 saturated heterocycles. The zero-order valence-electron chi connectivity index (χ0n) is 9.56. The molecular formula is C12H18O3S. The third-order valence-corrected chi connectivity index (χ3v) is 6.52. The van der Waals surface area contributed by atoms with Crippen LogP contribution < -0.4 is 0 Å². The van der Waals surface area contributed by atoms with Gasteiger partial charge in [0.25, 0.3) is 0 Å². The Morgan fingerprint density at radius 3 is 2.25 bits per heavy atom. The van der Waals surface area contributed by atoms with Crippen LogP contribution in [0, 0.1) is 5.92 Å². The van der Waals surface area contributed by atoms with Gasteiger partial charge in [0, 0.05) is 5.92 Å². The number of carbonyl (C=O) groups excluding carboxylic acids is 1. The van der Waals surface area contributed by atoms with Crippen molar-refractivity contribution in [2.45, 2.75) is 49.5 Å². The molecule has 0 N–H and O–H groups in total. The molecule has 0 aromatic rings. The van der Waals surface area contributed by atoms with Crippen LogP contribution in [0.2, 0.25) is 0 Å². The first-order chi connectivity index (χ1) is 7.55. The van der Waals surface area contributed by atoms with Crippen molar-refractivity contribution in [3.8, 4) is 0 Å². The van der Waals surface area contributed by atoms with Crippen LogP contribution in [0.5, 0.6) is 0 Å². The summed E-state index contributed by atoms with van der Waals surface area (Å²) in [5.74, 6) is 0.0457. The van der Waals surface area contributed by atoms with E-state index in [9.17, 15) is 13.2 Å². The maximum atomic E-state index is 12.0. The summed E-state index contributed by atoms with van der Waals surface area (Å²) in [6, 6.07) is 0. The van der Waals surface area contributed by atoms with Crippen LogP contribution in [-0.2, 0) is 14.6 Å². The van der Waals surface area contributed by atoms with E-state index < -0.39 is 9.84 Å². The summed E-state index contributed by atoms with van der Waals surface area (Å²) in [5.41, 5.74) is 0. The van der Waals surface area contributed by atoms with Crippen molar-refractivity contribution in [3.63, 3.8) is 0 Å². The minimum atomic E-state index is -2.92. The molecule has 2 heterocycles. The lowest BCUT2D eigenvalue weighted by atomic mass is 9.86. The molecule has 90 valence electrons. The van der Waals surface area contributed by atoms with Crippen LogP contribution in [0.25, 0.3) is 0 Å². The molecule has 2 rings (SSSR count). The van der Waals surface area contributed by atoms with Crippen LogP contribution >= 0.6 is 0 Å². The first-order valence-corrected chi connectivity index (χ1v) is 7.56. The lowest BCUT2D eigenvalue weighted by Crippen LogP contribution is -2.45. The number of hydrogen-bond acceptors (Lipinski definition) is 3. The summed E-state index contributed by atoms with van der Waals surface area (Å²) in [5, 5.41) is -0.501. The second kappa shape index (κ2) is 4.32. The van der Waals surface area contributed by atoms with Crippen LogP contribution in [0.1, 0.15) is 39.0 Å². The van der Waals surface area contributed by atoms with E-state index in [1.165, 1.54) is 0 Å². The van der Waals surface area contributed by atoms with Crippen molar-refractivity contribution in [3.05, 3.63) is 12.2 Å². The standard InChI is InChI=1S/C12H18O3S/c1-2-4-12(13)9-7-10-5-3-6-11(8-9)16(10,14)15/h2,4,9-11H,3,5-8H2,1H3/b4-2-. The van der Waals surface area contributed by atoms with Gasteiger partial charge in [-0.15, -0.1) is 0 Å². The second-order valence-corrected chi connectivity index (χ2v) is 7.35. The number of carbonyl (C=O) groups is 1. The monoisotopic (exact) mass is 242 g/mol.